The van der Waals surface area contributed by atoms with Gasteiger partial charge in [-0.05, 0) is 33.6 Å². The third kappa shape index (κ3) is 4.05. The Hall–Kier alpha value is -2.62. The number of rotatable bonds is 4. The van der Waals surface area contributed by atoms with Crippen LogP contribution in [0.2, 0.25) is 0 Å². The minimum absolute atomic E-state index is 0.00342. The topological polar surface area (TPSA) is 132 Å². The van der Waals surface area contributed by atoms with E-state index in [1.165, 1.54) is 7.05 Å². The summed E-state index contributed by atoms with van der Waals surface area (Å²) in [5.41, 5.74) is -0.857. The summed E-state index contributed by atoms with van der Waals surface area (Å²) in [5, 5.41) is 20.5. The molecule has 10 heteroatoms. The summed E-state index contributed by atoms with van der Waals surface area (Å²) in [7, 11) is 1.40. The first-order valence-corrected chi connectivity index (χ1v) is 8.77. The summed E-state index contributed by atoms with van der Waals surface area (Å²) in [6.45, 7) is 5.33. The first-order chi connectivity index (χ1) is 12.6. The Bertz CT molecular complexity index is 681. The van der Waals surface area contributed by atoms with Gasteiger partial charge in [0.2, 0.25) is 0 Å². The zero-order chi connectivity index (χ0) is 20.4. The maximum atomic E-state index is 12.5. The molecule has 2 aliphatic heterocycles. The Morgan fingerprint density at radius 2 is 2.11 bits per heavy atom. The van der Waals surface area contributed by atoms with Gasteiger partial charge in [-0.3, -0.25) is 14.6 Å². The number of carbonyl (C=O) groups excluding carboxylic acids is 2. The summed E-state index contributed by atoms with van der Waals surface area (Å²) < 4.78 is 10.3. The average molecular weight is 382 g/mol. The Morgan fingerprint density at radius 1 is 1.44 bits per heavy atom. The lowest BCUT2D eigenvalue weighted by molar-refractivity contribution is -0.129. The normalized spacial score (nSPS) is 23.2. The smallest absolute Gasteiger partial charge is 0.415 e. The second kappa shape index (κ2) is 7.95. The summed E-state index contributed by atoms with van der Waals surface area (Å²) in [6.07, 6.45) is -1.24. The Kier molecular flexibility index (Phi) is 6.09. The van der Waals surface area contributed by atoms with Crippen molar-refractivity contribution < 1.29 is 29.0 Å². The van der Waals surface area contributed by atoms with Crippen molar-refractivity contribution in [3.8, 4) is 0 Å². The predicted molar refractivity (Wildman–Crippen MR) is 95.5 cm³/mol. The van der Waals surface area contributed by atoms with Crippen molar-refractivity contribution in [2.45, 2.75) is 45.3 Å². The van der Waals surface area contributed by atoms with Gasteiger partial charge in [-0.1, -0.05) is 0 Å². The third-order valence-electron chi connectivity index (χ3n) is 4.76. The van der Waals surface area contributed by atoms with E-state index in [4.69, 9.17) is 14.9 Å². The molecule has 0 bridgehead atoms. The van der Waals surface area contributed by atoms with E-state index in [9.17, 15) is 19.5 Å². The Labute approximate surface area is 157 Å². The molecule has 0 aromatic heterocycles. The molecule has 2 saturated heterocycles. The molecule has 0 spiro atoms. The van der Waals surface area contributed by atoms with E-state index >= 15 is 0 Å². The van der Waals surface area contributed by atoms with Crippen LogP contribution in [0, 0.1) is 5.41 Å². The SMILES string of the molecule is CCOC(=O)N(C)/C(NC(=O)C1CCCO1)=C1/CN(C(=O)O)C(C)(C)C1=N. The number of amides is 3. The summed E-state index contributed by atoms with van der Waals surface area (Å²) >= 11 is 0. The highest BCUT2D eigenvalue weighted by Crippen LogP contribution is 2.31. The van der Waals surface area contributed by atoms with Crippen LogP contribution in [0.1, 0.15) is 33.6 Å². The average Bonchev–Trinajstić information content (AvgIpc) is 3.20. The lowest BCUT2D eigenvalue weighted by Crippen LogP contribution is -2.45. The van der Waals surface area contributed by atoms with E-state index in [0.717, 1.165) is 16.2 Å². The Balaban J connectivity index is 2.42. The second-order valence-corrected chi connectivity index (χ2v) is 6.88. The molecule has 1 unspecified atom stereocenters. The molecule has 0 aromatic rings. The van der Waals surface area contributed by atoms with Crippen LogP contribution >= 0.6 is 0 Å². The first kappa shape index (κ1) is 20.7. The van der Waals surface area contributed by atoms with E-state index in [1.54, 1.807) is 20.8 Å². The van der Waals surface area contributed by atoms with Crippen LogP contribution < -0.4 is 5.32 Å². The molecule has 1 atom stereocenters. The summed E-state index contributed by atoms with van der Waals surface area (Å²) in [5.74, 6) is -0.402. The van der Waals surface area contributed by atoms with E-state index in [0.29, 0.717) is 13.0 Å². The molecule has 2 rings (SSSR count). The molecule has 150 valence electrons. The molecule has 2 fully saturated rings. The molecule has 2 heterocycles. The van der Waals surface area contributed by atoms with Gasteiger partial charge >= 0.3 is 12.2 Å². The molecular formula is C17H26N4O6. The maximum Gasteiger partial charge on any atom is 0.415 e. The number of nitrogens with zero attached hydrogens (tertiary/aromatic N) is 2. The zero-order valence-corrected chi connectivity index (χ0v) is 16.0. The van der Waals surface area contributed by atoms with Gasteiger partial charge in [-0.25, -0.2) is 9.59 Å². The molecule has 3 amide bonds. The van der Waals surface area contributed by atoms with Crippen molar-refractivity contribution in [3.05, 3.63) is 11.4 Å². The van der Waals surface area contributed by atoms with Gasteiger partial charge in [0, 0.05) is 19.2 Å². The van der Waals surface area contributed by atoms with Crippen LogP contribution in [0.5, 0.6) is 0 Å². The maximum absolute atomic E-state index is 12.5. The van der Waals surface area contributed by atoms with E-state index in [2.05, 4.69) is 5.32 Å². The molecule has 0 radical (unpaired) electrons. The van der Waals surface area contributed by atoms with Crippen molar-refractivity contribution in [2.24, 2.45) is 0 Å². The quantitative estimate of drug-likeness (QED) is 0.673. The van der Waals surface area contributed by atoms with Crippen LogP contribution in [-0.2, 0) is 14.3 Å². The predicted octanol–water partition coefficient (Wildman–Crippen LogP) is 1.37. The molecule has 10 nitrogen and oxygen atoms in total. The fourth-order valence-corrected chi connectivity index (χ4v) is 3.09. The number of ether oxygens (including phenoxy) is 2. The van der Waals surface area contributed by atoms with E-state index < -0.39 is 29.7 Å². The monoisotopic (exact) mass is 382 g/mol. The number of carboxylic acid groups (broad SMARTS) is 1. The Morgan fingerprint density at radius 3 is 2.59 bits per heavy atom. The minimum atomic E-state index is -1.19. The highest BCUT2D eigenvalue weighted by molar-refractivity contribution is 6.10. The molecule has 3 N–H and O–H groups in total. The van der Waals surface area contributed by atoms with Gasteiger partial charge in [-0.15, -0.1) is 0 Å². The summed E-state index contributed by atoms with van der Waals surface area (Å²) in [4.78, 5) is 38.5. The highest BCUT2D eigenvalue weighted by Gasteiger charge is 2.46. The van der Waals surface area contributed by atoms with Crippen LogP contribution in [0.3, 0.4) is 0 Å². The van der Waals surface area contributed by atoms with Crippen molar-refractivity contribution in [3.63, 3.8) is 0 Å². The third-order valence-corrected chi connectivity index (χ3v) is 4.76. The van der Waals surface area contributed by atoms with E-state index in [-0.39, 0.29) is 30.3 Å². The van der Waals surface area contributed by atoms with Gasteiger partial charge < -0.3 is 25.3 Å². The molecule has 2 aliphatic rings. The van der Waals surface area contributed by atoms with E-state index in [1.807, 2.05) is 0 Å². The highest BCUT2D eigenvalue weighted by atomic mass is 16.6. The number of likely N-dealkylation sites (tertiary alicyclic amines) is 1. The van der Waals surface area contributed by atoms with Gasteiger partial charge in [-0.2, -0.15) is 0 Å². The number of hydrogen-bond donors (Lipinski definition) is 3. The zero-order valence-electron chi connectivity index (χ0n) is 16.0. The van der Waals surface area contributed by atoms with Crippen LogP contribution in [-0.4, -0.2) is 77.2 Å². The molecule has 0 aromatic carbocycles. The van der Waals surface area contributed by atoms with Gasteiger partial charge in [0.1, 0.15) is 11.9 Å². The summed E-state index contributed by atoms with van der Waals surface area (Å²) in [6, 6.07) is 0. The number of nitrogens with one attached hydrogen (secondary N) is 2. The largest absolute Gasteiger partial charge is 0.465 e. The molecule has 0 aliphatic carbocycles. The standard InChI is InChI=1S/C17H26N4O6/c1-5-26-16(25)20(4)13(19-14(22)11-7-6-8-27-11)10-9-21(15(23)24)17(2,3)12(10)18/h11,18H,5-9H2,1-4H3,(H,19,22)(H,23,24)/b13-10-,18-12?. The lowest BCUT2D eigenvalue weighted by Gasteiger charge is -2.27. The van der Waals surface area contributed by atoms with Crippen molar-refractivity contribution in [1.29, 1.82) is 5.41 Å². The van der Waals surface area contributed by atoms with Gasteiger partial charge in [0.15, 0.2) is 0 Å². The van der Waals surface area contributed by atoms with Crippen molar-refractivity contribution in [1.82, 2.24) is 15.1 Å². The van der Waals surface area contributed by atoms with Gasteiger partial charge in [0.25, 0.3) is 5.91 Å². The number of hydrogen-bond acceptors (Lipinski definition) is 6. The van der Waals surface area contributed by atoms with Crippen molar-refractivity contribution in [2.75, 3.05) is 26.8 Å². The first-order valence-electron chi connectivity index (χ1n) is 8.77. The fraction of sp³-hybridized carbons (Fsp3) is 0.647. The lowest BCUT2D eigenvalue weighted by atomic mass is 9.97. The fourth-order valence-electron chi connectivity index (χ4n) is 3.09. The number of carbonyl (C=O) groups is 3. The van der Waals surface area contributed by atoms with Crippen LogP contribution in [0.4, 0.5) is 9.59 Å². The molecule has 27 heavy (non-hydrogen) atoms. The molecule has 0 saturated carbocycles. The second-order valence-electron chi connectivity index (χ2n) is 6.88. The van der Waals surface area contributed by atoms with Crippen molar-refractivity contribution >= 4 is 23.8 Å². The minimum Gasteiger partial charge on any atom is -0.465 e. The van der Waals surface area contributed by atoms with Gasteiger partial charge in [0.05, 0.1) is 24.4 Å². The van der Waals surface area contributed by atoms with Crippen LogP contribution in [0.25, 0.3) is 0 Å². The molecular weight excluding hydrogens is 356 g/mol. The van der Waals surface area contributed by atoms with Crippen LogP contribution in [0.15, 0.2) is 11.4 Å².